The molecule has 5 nitrogen and oxygen atoms in total. The SMILES string of the molecule is Cc1ccc(-c2c(N)nc(N(C)C)[nH]c2=O)cc1. The quantitative estimate of drug-likeness (QED) is 0.837. The number of nitrogens with two attached hydrogens (primary N) is 1. The second-order valence-corrected chi connectivity index (χ2v) is 4.41. The summed E-state index contributed by atoms with van der Waals surface area (Å²) in [5, 5.41) is 0. The number of aromatic nitrogens is 2. The molecule has 0 aliphatic heterocycles. The third kappa shape index (κ3) is 2.20. The van der Waals surface area contributed by atoms with Gasteiger partial charge < -0.3 is 10.6 Å². The van der Waals surface area contributed by atoms with Gasteiger partial charge in [0, 0.05) is 14.1 Å². The number of benzene rings is 1. The molecule has 0 atom stereocenters. The highest BCUT2D eigenvalue weighted by Gasteiger charge is 2.11. The minimum atomic E-state index is -0.227. The molecule has 0 aliphatic rings. The Balaban J connectivity index is 2.59. The summed E-state index contributed by atoms with van der Waals surface area (Å²) in [5.41, 5.74) is 7.97. The Hall–Kier alpha value is -2.30. The molecule has 2 rings (SSSR count). The lowest BCUT2D eigenvalue weighted by Gasteiger charge is -2.12. The number of anilines is 2. The van der Waals surface area contributed by atoms with Crippen LogP contribution in [0.25, 0.3) is 11.1 Å². The molecule has 18 heavy (non-hydrogen) atoms. The van der Waals surface area contributed by atoms with Gasteiger partial charge in [0.1, 0.15) is 5.82 Å². The van der Waals surface area contributed by atoms with Crippen LogP contribution in [0, 0.1) is 6.92 Å². The van der Waals surface area contributed by atoms with Crippen molar-refractivity contribution in [3.8, 4) is 11.1 Å². The van der Waals surface area contributed by atoms with Crippen molar-refractivity contribution < 1.29 is 0 Å². The van der Waals surface area contributed by atoms with Crippen LogP contribution in [0.4, 0.5) is 11.8 Å². The number of nitrogens with one attached hydrogen (secondary N) is 1. The summed E-state index contributed by atoms with van der Waals surface area (Å²) in [6, 6.07) is 7.61. The molecule has 0 amide bonds. The van der Waals surface area contributed by atoms with E-state index >= 15 is 0 Å². The fourth-order valence-corrected chi connectivity index (χ4v) is 1.69. The summed E-state index contributed by atoms with van der Waals surface area (Å²) >= 11 is 0. The van der Waals surface area contributed by atoms with Gasteiger partial charge >= 0.3 is 0 Å². The minimum absolute atomic E-state index is 0.227. The molecule has 0 bridgehead atoms. The smallest absolute Gasteiger partial charge is 0.262 e. The molecular weight excluding hydrogens is 228 g/mol. The van der Waals surface area contributed by atoms with E-state index in [4.69, 9.17) is 5.73 Å². The van der Waals surface area contributed by atoms with Gasteiger partial charge in [-0.3, -0.25) is 9.78 Å². The Morgan fingerprint density at radius 2 is 1.83 bits per heavy atom. The Morgan fingerprint density at radius 1 is 1.22 bits per heavy atom. The van der Waals surface area contributed by atoms with Crippen LogP contribution in [0.1, 0.15) is 5.56 Å². The number of hydrogen-bond donors (Lipinski definition) is 2. The van der Waals surface area contributed by atoms with Crippen LogP contribution in [0.15, 0.2) is 29.1 Å². The average Bonchev–Trinajstić information content (AvgIpc) is 2.30. The predicted molar refractivity (Wildman–Crippen MR) is 73.8 cm³/mol. The summed E-state index contributed by atoms with van der Waals surface area (Å²) in [6.45, 7) is 1.99. The largest absolute Gasteiger partial charge is 0.383 e. The van der Waals surface area contributed by atoms with Gasteiger partial charge in [-0.2, -0.15) is 4.98 Å². The normalized spacial score (nSPS) is 10.4. The van der Waals surface area contributed by atoms with Crippen LogP contribution in [-0.2, 0) is 0 Å². The molecule has 0 saturated carbocycles. The van der Waals surface area contributed by atoms with Crippen molar-refractivity contribution in [3.05, 3.63) is 40.2 Å². The number of rotatable bonds is 2. The van der Waals surface area contributed by atoms with Crippen molar-refractivity contribution in [3.63, 3.8) is 0 Å². The van der Waals surface area contributed by atoms with Crippen molar-refractivity contribution in [2.45, 2.75) is 6.92 Å². The number of hydrogen-bond acceptors (Lipinski definition) is 4. The zero-order valence-corrected chi connectivity index (χ0v) is 10.7. The van der Waals surface area contributed by atoms with Crippen molar-refractivity contribution >= 4 is 11.8 Å². The lowest BCUT2D eigenvalue weighted by molar-refractivity contribution is 0.987. The molecule has 2 aromatic rings. The molecule has 0 aliphatic carbocycles. The van der Waals surface area contributed by atoms with E-state index < -0.39 is 0 Å². The fourth-order valence-electron chi connectivity index (χ4n) is 1.69. The molecule has 1 heterocycles. The monoisotopic (exact) mass is 244 g/mol. The highest BCUT2D eigenvalue weighted by molar-refractivity contribution is 5.73. The summed E-state index contributed by atoms with van der Waals surface area (Å²) in [7, 11) is 3.59. The van der Waals surface area contributed by atoms with Gasteiger partial charge in [0.05, 0.1) is 5.56 Å². The average molecular weight is 244 g/mol. The zero-order valence-electron chi connectivity index (χ0n) is 10.7. The maximum atomic E-state index is 12.0. The van der Waals surface area contributed by atoms with Crippen LogP contribution in [0.3, 0.4) is 0 Å². The lowest BCUT2D eigenvalue weighted by atomic mass is 10.1. The summed E-state index contributed by atoms with van der Waals surface area (Å²) in [5.74, 6) is 0.694. The number of aromatic amines is 1. The molecule has 1 aromatic heterocycles. The van der Waals surface area contributed by atoms with Gasteiger partial charge in [-0.25, -0.2) is 0 Å². The van der Waals surface area contributed by atoms with E-state index in [1.54, 1.807) is 19.0 Å². The van der Waals surface area contributed by atoms with Crippen molar-refractivity contribution in [1.29, 1.82) is 0 Å². The van der Waals surface area contributed by atoms with E-state index in [2.05, 4.69) is 9.97 Å². The van der Waals surface area contributed by atoms with Crippen molar-refractivity contribution in [2.24, 2.45) is 0 Å². The first-order valence-corrected chi connectivity index (χ1v) is 5.63. The van der Waals surface area contributed by atoms with E-state index in [1.807, 2.05) is 31.2 Å². The maximum absolute atomic E-state index is 12.0. The standard InChI is InChI=1S/C13H16N4O/c1-8-4-6-9(7-5-8)10-11(14)15-13(17(2)3)16-12(10)18/h4-7H,1-3H3,(H3,14,15,16,18). The first kappa shape index (κ1) is 12.2. The Labute approximate surface area is 105 Å². The van der Waals surface area contributed by atoms with E-state index in [0.29, 0.717) is 11.5 Å². The van der Waals surface area contributed by atoms with Crippen LogP contribution in [0.5, 0.6) is 0 Å². The number of aryl methyl sites for hydroxylation is 1. The van der Waals surface area contributed by atoms with Gasteiger partial charge in [-0.05, 0) is 12.5 Å². The van der Waals surface area contributed by atoms with Crippen LogP contribution < -0.4 is 16.2 Å². The van der Waals surface area contributed by atoms with E-state index in [0.717, 1.165) is 11.1 Å². The summed E-state index contributed by atoms with van der Waals surface area (Å²) in [6.07, 6.45) is 0. The highest BCUT2D eigenvalue weighted by Crippen LogP contribution is 2.21. The highest BCUT2D eigenvalue weighted by atomic mass is 16.1. The third-order valence-electron chi connectivity index (χ3n) is 2.70. The third-order valence-corrected chi connectivity index (χ3v) is 2.70. The van der Waals surface area contributed by atoms with E-state index in [9.17, 15) is 4.79 Å². The van der Waals surface area contributed by atoms with Crippen molar-refractivity contribution in [1.82, 2.24) is 9.97 Å². The first-order valence-electron chi connectivity index (χ1n) is 5.63. The van der Waals surface area contributed by atoms with Gasteiger partial charge in [0.15, 0.2) is 0 Å². The molecule has 94 valence electrons. The molecule has 0 fully saturated rings. The van der Waals surface area contributed by atoms with Crippen LogP contribution in [-0.4, -0.2) is 24.1 Å². The molecule has 0 saturated heterocycles. The fraction of sp³-hybridized carbons (Fsp3) is 0.231. The summed E-state index contributed by atoms with van der Waals surface area (Å²) in [4.78, 5) is 20.6. The summed E-state index contributed by atoms with van der Waals surface area (Å²) < 4.78 is 0. The molecular formula is C13H16N4O. The molecule has 0 spiro atoms. The van der Waals surface area contributed by atoms with E-state index in [1.165, 1.54) is 0 Å². The van der Waals surface area contributed by atoms with Crippen LogP contribution in [0.2, 0.25) is 0 Å². The molecule has 5 heteroatoms. The van der Waals surface area contributed by atoms with Gasteiger partial charge in [-0.15, -0.1) is 0 Å². The first-order chi connectivity index (χ1) is 8.49. The molecule has 3 N–H and O–H groups in total. The van der Waals surface area contributed by atoms with Gasteiger partial charge in [-0.1, -0.05) is 29.8 Å². The predicted octanol–water partition coefficient (Wildman–Crippen LogP) is 1.39. The minimum Gasteiger partial charge on any atom is -0.383 e. The van der Waals surface area contributed by atoms with Gasteiger partial charge in [0.25, 0.3) is 5.56 Å². The zero-order chi connectivity index (χ0) is 13.3. The van der Waals surface area contributed by atoms with Gasteiger partial charge in [0.2, 0.25) is 5.95 Å². The molecule has 0 radical (unpaired) electrons. The van der Waals surface area contributed by atoms with Crippen LogP contribution >= 0.6 is 0 Å². The second-order valence-electron chi connectivity index (χ2n) is 4.41. The number of nitrogens with zero attached hydrogens (tertiary/aromatic N) is 2. The second kappa shape index (κ2) is 4.52. The molecule has 0 unspecified atom stereocenters. The Morgan fingerprint density at radius 3 is 2.33 bits per heavy atom. The lowest BCUT2D eigenvalue weighted by Crippen LogP contribution is -2.21. The van der Waals surface area contributed by atoms with E-state index in [-0.39, 0.29) is 11.4 Å². The number of H-pyrrole nitrogens is 1. The number of nitrogen functional groups attached to an aromatic ring is 1. The molecule has 1 aromatic carbocycles. The Bertz CT molecular complexity index is 614. The topological polar surface area (TPSA) is 75.0 Å². The van der Waals surface area contributed by atoms with Crippen molar-refractivity contribution in [2.75, 3.05) is 24.7 Å². The Kier molecular flexibility index (Phi) is 3.06. The maximum Gasteiger partial charge on any atom is 0.262 e.